The van der Waals surface area contributed by atoms with Crippen molar-refractivity contribution in [2.75, 3.05) is 23.3 Å². The van der Waals surface area contributed by atoms with Gasteiger partial charge in [0, 0.05) is 19.1 Å². The van der Waals surface area contributed by atoms with E-state index in [4.69, 9.17) is 28.9 Å². The Balaban J connectivity index is 1.36. The topological polar surface area (TPSA) is 133 Å². The van der Waals surface area contributed by atoms with Gasteiger partial charge in [-0.05, 0) is 24.7 Å². The average Bonchev–Trinajstić information content (AvgIpc) is 3.57. The van der Waals surface area contributed by atoms with E-state index in [-0.39, 0.29) is 35.8 Å². The van der Waals surface area contributed by atoms with Crippen LogP contribution in [-0.4, -0.2) is 56.2 Å². The molecule has 1 amide bonds. The molecule has 1 aliphatic heterocycles. The molecule has 1 saturated carbocycles. The Morgan fingerprint density at radius 1 is 1.30 bits per heavy atom. The zero-order valence-electron chi connectivity index (χ0n) is 17.3. The largest absolute Gasteiger partial charge is 0.391 e. The summed E-state index contributed by atoms with van der Waals surface area (Å²) < 4.78 is 0. The molecule has 2 bridgehead atoms. The number of H-pyrrole nitrogens is 1. The van der Waals surface area contributed by atoms with Gasteiger partial charge in [-0.3, -0.25) is 4.79 Å². The molecule has 9 nitrogen and oxygen atoms in total. The van der Waals surface area contributed by atoms with Crippen LogP contribution in [0.25, 0.3) is 21.9 Å². The molecule has 3 aromatic heterocycles. The van der Waals surface area contributed by atoms with Crippen LogP contribution in [0.1, 0.15) is 12.8 Å². The van der Waals surface area contributed by atoms with Crippen LogP contribution in [0.4, 0.5) is 10.8 Å². The van der Waals surface area contributed by atoms with Crippen LogP contribution in [0.3, 0.4) is 0 Å². The molecule has 5 atom stereocenters. The molecule has 5 N–H and O–H groups in total. The van der Waals surface area contributed by atoms with Crippen molar-refractivity contribution >= 4 is 62.4 Å². The van der Waals surface area contributed by atoms with E-state index in [0.717, 1.165) is 18.1 Å². The average molecular weight is 506 g/mol. The van der Waals surface area contributed by atoms with Gasteiger partial charge in [0.05, 0.1) is 28.9 Å². The summed E-state index contributed by atoms with van der Waals surface area (Å²) in [6, 6.07) is -0.146. The first kappa shape index (κ1) is 21.2. The number of amides is 1. The third-order valence-electron chi connectivity index (χ3n) is 6.80. The molecule has 2 fully saturated rings. The molecular formula is C21H21Cl2N7O2S. The van der Waals surface area contributed by atoms with Gasteiger partial charge < -0.3 is 26.0 Å². The number of hydrogen-bond donors (Lipinski definition) is 4. The minimum absolute atomic E-state index is 0.146. The summed E-state index contributed by atoms with van der Waals surface area (Å²) in [6.07, 6.45) is 7.02. The number of aliphatic hydroxyl groups excluding tert-OH is 1. The van der Waals surface area contributed by atoms with Gasteiger partial charge in [-0.1, -0.05) is 46.7 Å². The summed E-state index contributed by atoms with van der Waals surface area (Å²) in [5.74, 6) is 0.291. The maximum atomic E-state index is 12.1. The minimum Gasteiger partial charge on any atom is -0.391 e. The third-order valence-corrected chi connectivity index (χ3v) is 8.59. The van der Waals surface area contributed by atoms with Gasteiger partial charge in [0.25, 0.3) is 0 Å². The number of allylic oxidation sites excluding steroid dienone is 1. The smallest absolute Gasteiger partial charge is 0.223 e. The van der Waals surface area contributed by atoms with E-state index < -0.39 is 0 Å². The molecule has 5 unspecified atom stereocenters. The number of rotatable bonds is 5. The van der Waals surface area contributed by atoms with E-state index >= 15 is 0 Å². The second-order valence-electron chi connectivity index (χ2n) is 8.82. The number of imidazole rings is 1. The number of primary amides is 1. The quantitative estimate of drug-likeness (QED) is 0.391. The van der Waals surface area contributed by atoms with Crippen LogP contribution in [0.2, 0.25) is 10.2 Å². The number of nitrogens with zero attached hydrogens (tertiary/aromatic N) is 4. The predicted molar refractivity (Wildman–Crippen MR) is 129 cm³/mol. The van der Waals surface area contributed by atoms with Crippen LogP contribution < -0.4 is 16.0 Å². The Kier molecular flexibility index (Phi) is 5.02. The standard InChI is InChI=1S/C21H21Cl2N7O2S/c22-11-6-25-19-15(14(11)26-13-9-2-1-8(5-9)12(13)18(24)32)27-20(29-19)16-17(23)28-21(33-16)30-4-3-10(31)7-30/h1-2,6,8-10,12-13,31H,3-5,7H2,(H2,24,32)(H2,25,26,27,29). The van der Waals surface area contributed by atoms with Crippen molar-refractivity contribution in [3.8, 4) is 10.7 Å². The first-order valence-corrected chi connectivity index (χ1v) is 12.3. The lowest BCUT2D eigenvalue weighted by molar-refractivity contribution is -0.122. The summed E-state index contributed by atoms with van der Waals surface area (Å²) in [5, 5.41) is 14.8. The van der Waals surface area contributed by atoms with Crippen molar-refractivity contribution in [3.63, 3.8) is 0 Å². The lowest BCUT2D eigenvalue weighted by Crippen LogP contribution is -2.41. The molecule has 3 aliphatic rings. The highest BCUT2D eigenvalue weighted by Gasteiger charge is 2.47. The molecule has 0 aromatic carbocycles. The van der Waals surface area contributed by atoms with Crippen LogP contribution >= 0.6 is 34.5 Å². The summed E-state index contributed by atoms with van der Waals surface area (Å²) in [7, 11) is 0. The molecule has 0 radical (unpaired) electrons. The number of hydrogen-bond acceptors (Lipinski definition) is 8. The third kappa shape index (κ3) is 3.47. The van der Waals surface area contributed by atoms with E-state index in [1.807, 2.05) is 4.90 Å². The monoisotopic (exact) mass is 505 g/mol. The fraction of sp³-hybridized carbons (Fsp3) is 0.429. The first-order chi connectivity index (χ1) is 15.9. The number of aromatic amines is 1. The molecule has 3 aromatic rings. The second-order valence-corrected chi connectivity index (χ2v) is 10.6. The number of nitrogens with one attached hydrogen (secondary N) is 2. The fourth-order valence-corrected chi connectivity index (χ4v) is 6.71. The minimum atomic E-state index is -0.354. The normalized spacial score (nSPS) is 28.3. The number of carbonyl (C=O) groups excluding carboxylic acids is 1. The zero-order chi connectivity index (χ0) is 22.9. The lowest BCUT2D eigenvalue weighted by Gasteiger charge is -2.28. The summed E-state index contributed by atoms with van der Waals surface area (Å²) in [5.41, 5.74) is 7.47. The molecule has 0 spiro atoms. The Bertz CT molecular complexity index is 1290. The predicted octanol–water partition coefficient (Wildman–Crippen LogP) is 3.05. The van der Waals surface area contributed by atoms with E-state index in [2.05, 4.69) is 37.4 Å². The molecule has 12 heteroatoms. The van der Waals surface area contributed by atoms with Gasteiger partial charge in [-0.25, -0.2) is 15.0 Å². The van der Waals surface area contributed by atoms with E-state index in [1.54, 1.807) is 6.20 Å². The summed E-state index contributed by atoms with van der Waals surface area (Å²) >= 11 is 14.4. The Morgan fingerprint density at radius 2 is 2.12 bits per heavy atom. The van der Waals surface area contributed by atoms with Crippen molar-refractivity contribution in [2.24, 2.45) is 23.5 Å². The number of nitrogens with two attached hydrogens (primary N) is 1. The number of aromatic nitrogens is 4. The first-order valence-electron chi connectivity index (χ1n) is 10.8. The molecule has 1 saturated heterocycles. The van der Waals surface area contributed by atoms with E-state index in [0.29, 0.717) is 50.7 Å². The zero-order valence-corrected chi connectivity index (χ0v) is 19.7. The van der Waals surface area contributed by atoms with Crippen LogP contribution in [0.5, 0.6) is 0 Å². The number of fused-ring (bicyclic) bond motifs is 3. The fourth-order valence-electron chi connectivity index (χ4n) is 5.24. The van der Waals surface area contributed by atoms with Crippen molar-refractivity contribution in [3.05, 3.63) is 28.5 Å². The lowest BCUT2D eigenvalue weighted by atomic mass is 9.88. The van der Waals surface area contributed by atoms with Crippen molar-refractivity contribution in [1.82, 2.24) is 19.9 Å². The molecular weight excluding hydrogens is 485 g/mol. The summed E-state index contributed by atoms with van der Waals surface area (Å²) in [4.78, 5) is 31.6. The van der Waals surface area contributed by atoms with Gasteiger partial charge >= 0.3 is 0 Å². The molecule has 33 heavy (non-hydrogen) atoms. The van der Waals surface area contributed by atoms with Crippen LogP contribution in [0.15, 0.2) is 18.3 Å². The number of pyridine rings is 1. The highest BCUT2D eigenvalue weighted by atomic mass is 35.5. The molecule has 2 aliphatic carbocycles. The highest BCUT2D eigenvalue weighted by molar-refractivity contribution is 7.19. The maximum absolute atomic E-state index is 12.1. The molecule has 6 rings (SSSR count). The van der Waals surface area contributed by atoms with Gasteiger partial charge in [-0.15, -0.1) is 0 Å². The molecule has 172 valence electrons. The van der Waals surface area contributed by atoms with Crippen molar-refractivity contribution < 1.29 is 9.90 Å². The molecule has 4 heterocycles. The van der Waals surface area contributed by atoms with E-state index in [9.17, 15) is 9.90 Å². The Hall–Kier alpha value is -2.40. The maximum Gasteiger partial charge on any atom is 0.223 e. The van der Waals surface area contributed by atoms with Gasteiger partial charge in [0.15, 0.2) is 21.8 Å². The second kappa shape index (κ2) is 7.83. The number of aliphatic hydroxyl groups is 1. The number of β-amino-alcohol motifs (C(OH)–C–C–N with tert-alkyl or cyclic N) is 1. The van der Waals surface area contributed by atoms with Crippen molar-refractivity contribution in [2.45, 2.75) is 25.0 Å². The van der Waals surface area contributed by atoms with Crippen LogP contribution in [-0.2, 0) is 4.79 Å². The van der Waals surface area contributed by atoms with Gasteiger partial charge in [-0.2, -0.15) is 0 Å². The van der Waals surface area contributed by atoms with Crippen molar-refractivity contribution in [1.29, 1.82) is 0 Å². The Morgan fingerprint density at radius 3 is 2.88 bits per heavy atom. The SMILES string of the molecule is NC(=O)C1C2C=CC(C2)C1Nc1c(Cl)cnc2nc(-c3sc(N4CCC(O)C4)nc3Cl)[nH]c12. The number of carbonyl (C=O) groups is 1. The Labute approximate surface area is 203 Å². The van der Waals surface area contributed by atoms with Gasteiger partial charge in [0.1, 0.15) is 10.4 Å². The summed E-state index contributed by atoms with van der Waals surface area (Å²) in [6.45, 7) is 1.27. The van der Waals surface area contributed by atoms with E-state index in [1.165, 1.54) is 11.3 Å². The van der Waals surface area contributed by atoms with Crippen LogP contribution in [0, 0.1) is 17.8 Å². The highest BCUT2D eigenvalue weighted by Crippen LogP contribution is 2.46. The number of anilines is 2. The van der Waals surface area contributed by atoms with Gasteiger partial charge in [0.2, 0.25) is 5.91 Å². The number of halogens is 2. The number of thiazole rings is 1.